The van der Waals surface area contributed by atoms with Crippen LogP contribution in [0.3, 0.4) is 0 Å². The molecule has 0 atom stereocenters. The summed E-state index contributed by atoms with van der Waals surface area (Å²) in [5, 5.41) is 0.812. The first kappa shape index (κ1) is 15.4. The molecule has 2 rings (SSSR count). The summed E-state index contributed by atoms with van der Waals surface area (Å²) < 4.78 is 24.7. The van der Waals surface area contributed by atoms with Crippen LogP contribution in [0.5, 0.6) is 0 Å². The molecule has 0 aromatic heterocycles. The van der Waals surface area contributed by atoms with Crippen LogP contribution in [0.25, 0.3) is 0 Å². The van der Waals surface area contributed by atoms with Crippen molar-refractivity contribution in [3.63, 3.8) is 0 Å². The summed E-state index contributed by atoms with van der Waals surface area (Å²) in [4.78, 5) is 0.00485. The third kappa shape index (κ3) is 3.38. The van der Waals surface area contributed by atoms with E-state index in [-0.39, 0.29) is 15.7 Å². The number of halogens is 3. The van der Waals surface area contributed by atoms with E-state index in [9.17, 15) is 8.42 Å². The Balaban J connectivity index is 2.40. The highest BCUT2D eigenvalue weighted by atomic mass is 35.5. The molecule has 2 N–H and O–H groups in total. The lowest BCUT2D eigenvalue weighted by molar-refractivity contribution is 0.595. The number of hydrogen-bond donors (Lipinski definition) is 1. The second-order valence-corrected chi connectivity index (χ2v) is 7.38. The van der Waals surface area contributed by atoms with Gasteiger partial charge in [-0.1, -0.05) is 40.9 Å². The van der Waals surface area contributed by atoms with E-state index in [2.05, 4.69) is 0 Å². The molecule has 0 aliphatic carbocycles. The highest BCUT2D eigenvalue weighted by Crippen LogP contribution is 2.29. The summed E-state index contributed by atoms with van der Waals surface area (Å²) in [6, 6.07) is 9.01. The van der Waals surface area contributed by atoms with E-state index in [0.29, 0.717) is 21.3 Å². The van der Waals surface area contributed by atoms with Gasteiger partial charge in [0.1, 0.15) is 0 Å². The number of hydrogen-bond acceptors (Lipinski definition) is 3. The van der Waals surface area contributed by atoms with Gasteiger partial charge in [0.05, 0.1) is 25.7 Å². The fourth-order valence-corrected chi connectivity index (χ4v) is 3.93. The molecule has 2 aromatic carbocycles. The minimum atomic E-state index is -3.61. The van der Waals surface area contributed by atoms with Crippen molar-refractivity contribution >= 4 is 50.3 Å². The van der Waals surface area contributed by atoms with E-state index < -0.39 is 9.84 Å². The van der Waals surface area contributed by atoms with Crippen molar-refractivity contribution in [3.05, 3.63) is 57.0 Å². The molecular weight excluding hydrogens is 341 g/mol. The molecule has 7 heteroatoms. The Morgan fingerprint density at radius 2 is 1.55 bits per heavy atom. The minimum Gasteiger partial charge on any atom is -0.399 e. The first-order valence-electron chi connectivity index (χ1n) is 5.51. The zero-order valence-electron chi connectivity index (χ0n) is 10.1. The monoisotopic (exact) mass is 349 g/mol. The lowest BCUT2D eigenvalue weighted by Gasteiger charge is -2.08. The maximum absolute atomic E-state index is 12.4. The number of nitrogen functional groups attached to an aromatic ring is 1. The number of nitrogens with two attached hydrogens (primary N) is 1. The van der Waals surface area contributed by atoms with Gasteiger partial charge in [0, 0.05) is 5.69 Å². The fourth-order valence-electron chi connectivity index (χ4n) is 1.68. The summed E-state index contributed by atoms with van der Waals surface area (Å²) in [6.07, 6.45) is 0. The summed E-state index contributed by atoms with van der Waals surface area (Å²) >= 11 is 17.6. The molecule has 3 nitrogen and oxygen atoms in total. The molecule has 0 aliphatic rings. The molecule has 0 saturated carbocycles. The second-order valence-electron chi connectivity index (χ2n) is 4.20. The van der Waals surface area contributed by atoms with Gasteiger partial charge in [-0.15, -0.1) is 0 Å². The summed E-state index contributed by atoms with van der Waals surface area (Å²) in [5.74, 6) is -0.229. The molecule has 0 heterocycles. The smallest absolute Gasteiger partial charge is 0.184 e. The molecular formula is C13H10Cl3NO2S. The third-order valence-electron chi connectivity index (χ3n) is 2.63. The predicted octanol–water partition coefficient (Wildman–Crippen LogP) is 4.20. The van der Waals surface area contributed by atoms with E-state index in [1.165, 1.54) is 18.2 Å². The molecule has 0 radical (unpaired) electrons. The molecule has 20 heavy (non-hydrogen) atoms. The second kappa shape index (κ2) is 5.82. The van der Waals surface area contributed by atoms with Crippen LogP contribution in [0.15, 0.2) is 41.3 Å². The molecule has 0 fully saturated rings. The Hall–Kier alpha value is -0.940. The van der Waals surface area contributed by atoms with Gasteiger partial charge in [-0.25, -0.2) is 8.42 Å². The largest absolute Gasteiger partial charge is 0.399 e. The van der Waals surface area contributed by atoms with Gasteiger partial charge in [0.25, 0.3) is 0 Å². The Morgan fingerprint density at radius 1 is 0.900 bits per heavy atom. The van der Waals surface area contributed by atoms with Crippen molar-refractivity contribution in [2.45, 2.75) is 10.6 Å². The Kier molecular flexibility index (Phi) is 4.49. The van der Waals surface area contributed by atoms with Crippen LogP contribution in [-0.4, -0.2) is 8.42 Å². The minimum absolute atomic E-state index is 0.00485. The summed E-state index contributed by atoms with van der Waals surface area (Å²) in [6.45, 7) is 0. The lowest BCUT2D eigenvalue weighted by Crippen LogP contribution is -2.06. The van der Waals surface area contributed by atoms with Crippen LogP contribution in [0.1, 0.15) is 5.56 Å². The first-order chi connectivity index (χ1) is 9.29. The molecule has 0 spiro atoms. The first-order valence-corrected chi connectivity index (χ1v) is 8.30. The van der Waals surface area contributed by atoms with Gasteiger partial charge in [-0.05, 0) is 35.9 Å². The van der Waals surface area contributed by atoms with Crippen LogP contribution in [0.4, 0.5) is 5.69 Å². The van der Waals surface area contributed by atoms with Crippen molar-refractivity contribution in [1.29, 1.82) is 0 Å². The predicted molar refractivity (Wildman–Crippen MR) is 83.2 cm³/mol. The van der Waals surface area contributed by atoms with Gasteiger partial charge in [0.2, 0.25) is 0 Å². The summed E-state index contributed by atoms with van der Waals surface area (Å²) in [5.41, 5.74) is 6.46. The number of benzene rings is 2. The van der Waals surface area contributed by atoms with Crippen LogP contribution in [-0.2, 0) is 15.6 Å². The van der Waals surface area contributed by atoms with E-state index >= 15 is 0 Å². The van der Waals surface area contributed by atoms with Crippen LogP contribution in [0.2, 0.25) is 15.1 Å². The molecule has 2 aromatic rings. The average molecular weight is 351 g/mol. The van der Waals surface area contributed by atoms with Crippen LogP contribution >= 0.6 is 34.8 Å². The quantitative estimate of drug-likeness (QED) is 0.844. The van der Waals surface area contributed by atoms with Gasteiger partial charge < -0.3 is 5.73 Å². The van der Waals surface area contributed by atoms with Crippen molar-refractivity contribution < 1.29 is 8.42 Å². The van der Waals surface area contributed by atoms with Crippen LogP contribution < -0.4 is 5.73 Å². The number of rotatable bonds is 3. The van der Waals surface area contributed by atoms with Crippen molar-refractivity contribution in [2.75, 3.05) is 5.73 Å². The lowest BCUT2D eigenvalue weighted by atomic mass is 10.2. The van der Waals surface area contributed by atoms with E-state index in [1.807, 2.05) is 0 Å². The van der Waals surface area contributed by atoms with Crippen molar-refractivity contribution in [2.24, 2.45) is 0 Å². The average Bonchev–Trinajstić information content (AvgIpc) is 2.36. The number of sulfone groups is 1. The van der Waals surface area contributed by atoms with Gasteiger partial charge >= 0.3 is 0 Å². The van der Waals surface area contributed by atoms with E-state index in [1.54, 1.807) is 18.2 Å². The molecule has 0 saturated heterocycles. The zero-order valence-corrected chi connectivity index (χ0v) is 13.2. The maximum atomic E-state index is 12.4. The van der Waals surface area contributed by atoms with Gasteiger partial charge in [-0.3, -0.25) is 0 Å². The normalized spacial score (nSPS) is 11.6. The highest BCUT2D eigenvalue weighted by molar-refractivity contribution is 7.90. The van der Waals surface area contributed by atoms with Crippen molar-refractivity contribution in [1.82, 2.24) is 0 Å². The molecule has 0 amide bonds. The van der Waals surface area contributed by atoms with Gasteiger partial charge in [0.15, 0.2) is 9.84 Å². The highest BCUT2D eigenvalue weighted by Gasteiger charge is 2.19. The van der Waals surface area contributed by atoms with E-state index in [4.69, 9.17) is 40.5 Å². The summed E-state index contributed by atoms with van der Waals surface area (Å²) in [7, 11) is -3.61. The van der Waals surface area contributed by atoms with Crippen molar-refractivity contribution in [3.8, 4) is 0 Å². The maximum Gasteiger partial charge on any atom is 0.184 e. The molecule has 0 aliphatic heterocycles. The zero-order chi connectivity index (χ0) is 14.9. The topological polar surface area (TPSA) is 60.2 Å². The van der Waals surface area contributed by atoms with E-state index in [0.717, 1.165) is 0 Å². The number of anilines is 1. The Morgan fingerprint density at radius 3 is 2.20 bits per heavy atom. The molecule has 106 valence electrons. The third-order valence-corrected chi connectivity index (χ3v) is 5.53. The standard InChI is InChI=1S/C13H10Cl3NO2S/c14-10-3-1-8(5-12(10)16)7-20(18,19)13-6-9(17)2-4-11(13)15/h1-6H,7,17H2. The SMILES string of the molecule is Nc1ccc(Cl)c(S(=O)(=O)Cc2ccc(Cl)c(Cl)c2)c1. The Bertz CT molecular complexity index is 760. The van der Waals surface area contributed by atoms with Crippen LogP contribution in [0, 0.1) is 0 Å². The van der Waals surface area contributed by atoms with Gasteiger partial charge in [-0.2, -0.15) is 0 Å². The Labute approximate surface area is 132 Å². The molecule has 0 bridgehead atoms. The molecule has 0 unspecified atom stereocenters. The fraction of sp³-hybridized carbons (Fsp3) is 0.0769.